The van der Waals surface area contributed by atoms with E-state index in [1.54, 1.807) is 0 Å². The third kappa shape index (κ3) is 5.11. The van der Waals surface area contributed by atoms with Crippen molar-refractivity contribution in [3.8, 4) is 0 Å². The van der Waals surface area contributed by atoms with E-state index in [4.69, 9.17) is 45.1 Å². The van der Waals surface area contributed by atoms with Crippen molar-refractivity contribution in [2.24, 2.45) is 0 Å². The molecule has 0 spiro atoms. The van der Waals surface area contributed by atoms with Gasteiger partial charge in [-0.05, 0) is 11.8 Å². The topological polar surface area (TPSA) is 253 Å². The van der Waals surface area contributed by atoms with Crippen LogP contribution in [0.15, 0.2) is 30.0 Å². The number of anilines is 1. The second kappa shape index (κ2) is 10.9. The highest BCUT2D eigenvalue weighted by Crippen LogP contribution is 2.56. The van der Waals surface area contributed by atoms with Crippen molar-refractivity contribution in [1.29, 1.82) is 0 Å². The van der Waals surface area contributed by atoms with Gasteiger partial charge in [0.15, 0.2) is 35.3 Å². The Hall–Kier alpha value is -2.85. The van der Waals surface area contributed by atoms with E-state index < -0.39 is 93.7 Å². The molecule has 3 aliphatic heterocycles. The van der Waals surface area contributed by atoms with E-state index in [0.717, 1.165) is 23.4 Å². The molecule has 3 aliphatic rings. The zero-order valence-electron chi connectivity index (χ0n) is 22.3. The molecule has 24 heteroatoms. The number of rotatable bonds is 2. The molecule has 6 N–H and O–H groups in total. The molecule has 7 heterocycles. The number of H-pyrrole nitrogens is 1. The summed E-state index contributed by atoms with van der Waals surface area (Å²) in [6.45, 7) is -6.67. The summed E-state index contributed by atoms with van der Waals surface area (Å²) in [5, 5.41) is 10.8. The average Bonchev–Trinajstić information content (AvgIpc) is 3.72. The van der Waals surface area contributed by atoms with Gasteiger partial charge in [-0.1, -0.05) is 0 Å². The van der Waals surface area contributed by atoms with Gasteiger partial charge in [0.1, 0.15) is 41.6 Å². The Kier molecular flexibility index (Phi) is 7.43. The lowest BCUT2D eigenvalue weighted by molar-refractivity contribution is -0.109. The van der Waals surface area contributed by atoms with Crippen LogP contribution in [0.5, 0.6) is 0 Å². The van der Waals surface area contributed by atoms with Gasteiger partial charge in [0.05, 0.1) is 32.5 Å². The highest BCUT2D eigenvalue weighted by atomic mass is 32.5. The van der Waals surface area contributed by atoms with Crippen molar-refractivity contribution in [3.05, 3.63) is 41.3 Å². The normalized spacial score (nSPS) is 37.7. The number of fused-ring (bicyclic) bond motifs is 5. The molecule has 9 atom stereocenters. The number of phosphoric acid groups is 1. The van der Waals surface area contributed by atoms with Gasteiger partial charge in [-0.25, -0.2) is 33.3 Å². The summed E-state index contributed by atoms with van der Waals surface area (Å²) in [5.74, 6) is -1.09. The first kappa shape index (κ1) is 30.8. The van der Waals surface area contributed by atoms with Gasteiger partial charge in [0, 0.05) is 6.20 Å². The third-order valence-electron chi connectivity index (χ3n) is 7.53. The minimum atomic E-state index is -5.31. The van der Waals surface area contributed by atoms with Crippen LogP contribution in [0.3, 0.4) is 0 Å². The Morgan fingerprint density at radius 1 is 1.16 bits per heavy atom. The lowest BCUT2D eigenvalue weighted by Crippen LogP contribution is -2.48. The van der Waals surface area contributed by atoms with Crippen LogP contribution >= 0.6 is 14.5 Å². The highest BCUT2D eigenvalue weighted by Gasteiger charge is 2.58. The fraction of sp³-hybridized carbons (Fsp3) is 0.476. The Balaban J connectivity index is 1.26. The summed E-state index contributed by atoms with van der Waals surface area (Å²) in [4.78, 5) is 52.1. The van der Waals surface area contributed by atoms with Crippen molar-refractivity contribution in [1.82, 2.24) is 34.1 Å². The SMILES string of the molecule is Nc1ncnc2c1ncn2[C@@H]1O[C@@H]2COP(=O)(O)O[C@]3(n4cc(F)c5c(=O)[nH]cnc54)CO[C@H](COP(O)(=S)O[C@H]2[C@H]1F)[C@H]3O. The molecule has 7 rings (SSSR count). The van der Waals surface area contributed by atoms with Crippen molar-refractivity contribution >= 4 is 54.4 Å². The van der Waals surface area contributed by atoms with E-state index in [-0.39, 0.29) is 22.6 Å². The standard InChI is InChI=1S/C21H22F2N8O11P2S/c22-8-1-31(17-11(8)19(33)28-6-26-17)21-4-37-10(15(21)32)3-39-44(36,45)41-14-9(2-38-43(34,35)42-21)40-20(12(14)23)30-7-29-13-16(24)25-5-27-18(13)30/h1,5-7,9-10,12,14-15,20,32H,2-4H2,(H,34,35)(H,36,45)(H2,24,25,27)(H,26,28,33)/t9-,10-,12-,14-,15-,20-,21-,44?/m1/s1. The number of aliphatic hydroxyl groups is 1. The van der Waals surface area contributed by atoms with Crippen molar-refractivity contribution in [3.63, 3.8) is 0 Å². The molecule has 0 amide bonds. The van der Waals surface area contributed by atoms with Crippen LogP contribution in [0.4, 0.5) is 14.6 Å². The van der Waals surface area contributed by atoms with E-state index in [9.17, 15) is 28.6 Å². The van der Waals surface area contributed by atoms with Crippen LogP contribution < -0.4 is 11.3 Å². The quantitative estimate of drug-likeness (QED) is 0.169. The molecule has 242 valence electrons. The van der Waals surface area contributed by atoms with Gasteiger partial charge in [0.2, 0.25) is 5.72 Å². The maximum Gasteiger partial charge on any atom is 0.474 e. The van der Waals surface area contributed by atoms with E-state index in [1.807, 2.05) is 0 Å². The number of aromatic amines is 1. The molecule has 2 unspecified atom stereocenters. The molecule has 0 aliphatic carbocycles. The fourth-order valence-corrected chi connectivity index (χ4v) is 7.94. The second-order valence-corrected chi connectivity index (χ2v) is 14.4. The smallest absolute Gasteiger partial charge is 0.385 e. The molecule has 3 fully saturated rings. The summed E-state index contributed by atoms with van der Waals surface area (Å²) < 4.78 is 79.2. The number of nitrogen functional groups attached to an aromatic ring is 1. The van der Waals surface area contributed by atoms with Gasteiger partial charge in [-0.2, -0.15) is 0 Å². The summed E-state index contributed by atoms with van der Waals surface area (Å²) in [7, 11) is -5.31. The van der Waals surface area contributed by atoms with E-state index in [0.29, 0.717) is 0 Å². The van der Waals surface area contributed by atoms with Gasteiger partial charge in [-0.3, -0.25) is 27.5 Å². The maximum atomic E-state index is 16.0. The molecule has 2 bridgehead atoms. The van der Waals surface area contributed by atoms with Gasteiger partial charge in [0.25, 0.3) is 5.56 Å². The van der Waals surface area contributed by atoms with Crippen molar-refractivity contribution in [2.75, 3.05) is 25.6 Å². The van der Waals surface area contributed by atoms with E-state index >= 15 is 4.39 Å². The Morgan fingerprint density at radius 2 is 1.93 bits per heavy atom. The molecule has 19 nitrogen and oxygen atoms in total. The number of hydrogen-bond acceptors (Lipinski definition) is 15. The number of nitrogens with zero attached hydrogens (tertiary/aromatic N) is 6. The highest BCUT2D eigenvalue weighted by molar-refractivity contribution is 8.07. The molecule has 3 saturated heterocycles. The number of nitrogens with two attached hydrogens (primary N) is 1. The summed E-state index contributed by atoms with van der Waals surface area (Å²) >= 11 is 5.10. The average molecular weight is 694 g/mol. The zero-order chi connectivity index (χ0) is 31.9. The summed E-state index contributed by atoms with van der Waals surface area (Å²) in [5.41, 5.74) is 2.35. The largest absolute Gasteiger partial charge is 0.474 e. The van der Waals surface area contributed by atoms with Crippen LogP contribution in [0.2, 0.25) is 0 Å². The van der Waals surface area contributed by atoms with E-state index in [2.05, 4.69) is 24.9 Å². The molecule has 4 aromatic heterocycles. The van der Waals surface area contributed by atoms with Crippen molar-refractivity contribution in [2.45, 2.75) is 42.5 Å². The number of aromatic nitrogens is 7. The lowest BCUT2D eigenvalue weighted by Gasteiger charge is -2.34. The fourth-order valence-electron chi connectivity index (χ4n) is 5.46. The van der Waals surface area contributed by atoms with Crippen LogP contribution in [-0.2, 0) is 49.7 Å². The lowest BCUT2D eigenvalue weighted by atomic mass is 10.1. The monoisotopic (exact) mass is 694 g/mol. The van der Waals surface area contributed by atoms with Gasteiger partial charge in [-0.15, -0.1) is 0 Å². The van der Waals surface area contributed by atoms with Crippen LogP contribution in [0.25, 0.3) is 22.2 Å². The number of ether oxygens (including phenoxy) is 2. The first-order valence-electron chi connectivity index (χ1n) is 12.9. The Morgan fingerprint density at radius 3 is 2.73 bits per heavy atom. The van der Waals surface area contributed by atoms with Crippen LogP contribution in [0, 0.1) is 5.82 Å². The van der Waals surface area contributed by atoms with Crippen LogP contribution in [0.1, 0.15) is 6.23 Å². The number of nitrogens with one attached hydrogen (secondary N) is 1. The molecule has 0 aromatic carbocycles. The van der Waals surface area contributed by atoms with Gasteiger partial charge < -0.3 is 39.6 Å². The van der Waals surface area contributed by atoms with Gasteiger partial charge >= 0.3 is 14.5 Å². The number of aliphatic hydroxyl groups excluding tert-OH is 1. The summed E-state index contributed by atoms with van der Waals surface area (Å²) in [6, 6.07) is 0. The number of alkyl halides is 1. The first-order chi connectivity index (χ1) is 21.3. The second-order valence-electron chi connectivity index (χ2n) is 10.2. The first-order valence-corrected chi connectivity index (χ1v) is 17.0. The van der Waals surface area contributed by atoms with Crippen molar-refractivity contribution < 1.29 is 55.8 Å². The van der Waals surface area contributed by atoms with Crippen LogP contribution in [-0.4, -0.2) is 99.4 Å². The predicted molar refractivity (Wildman–Crippen MR) is 147 cm³/mol. The summed E-state index contributed by atoms with van der Waals surface area (Å²) in [6.07, 6.45) is -6.32. The third-order valence-corrected chi connectivity index (χ3v) is 10.1. The van der Waals surface area contributed by atoms with E-state index in [1.165, 1.54) is 10.9 Å². The number of imidazole rings is 1. The number of halogens is 2. The Labute approximate surface area is 253 Å². The minimum absolute atomic E-state index is 0.00930. The maximum absolute atomic E-state index is 16.0. The molecular weight excluding hydrogens is 672 g/mol. The Bertz CT molecular complexity index is 1960. The molecule has 0 saturated carbocycles. The predicted octanol–water partition coefficient (Wildman–Crippen LogP) is -0.300. The number of phosphoric ester groups is 1. The number of hydrogen-bond donors (Lipinski definition) is 5. The molecular formula is C21H22F2N8O11P2S. The zero-order valence-corrected chi connectivity index (χ0v) is 24.9. The molecule has 0 radical (unpaired) electrons. The molecule has 45 heavy (non-hydrogen) atoms. The minimum Gasteiger partial charge on any atom is -0.385 e. The molecule has 4 aromatic rings.